The van der Waals surface area contributed by atoms with Crippen LogP contribution in [-0.2, 0) is 22.7 Å². The first-order valence-corrected chi connectivity index (χ1v) is 15.7. The molecule has 0 bridgehead atoms. The molecule has 1 aliphatic rings. The number of non-ortho nitro benzene ring substituents is 1. The van der Waals surface area contributed by atoms with E-state index >= 15 is 0 Å². The molecule has 0 saturated carbocycles. The highest BCUT2D eigenvalue weighted by molar-refractivity contribution is 7.89. The van der Waals surface area contributed by atoms with Crippen LogP contribution in [0.2, 0.25) is 0 Å². The molecule has 1 fully saturated rings. The lowest BCUT2D eigenvalue weighted by Gasteiger charge is -2.34. The average Bonchev–Trinajstić information content (AvgIpc) is 3.42. The number of hydrogen-bond donors (Lipinski definition) is 0. The van der Waals surface area contributed by atoms with Crippen LogP contribution in [-0.4, -0.2) is 65.2 Å². The number of halogens is 3. The van der Waals surface area contributed by atoms with E-state index in [-0.39, 0.29) is 23.7 Å². The first-order chi connectivity index (χ1) is 21.9. The minimum Gasteiger partial charge on any atom is -0.497 e. The average molecular weight is 652 g/mol. The standard InChI is InChI=1S/C32H28F3N5O5S/c1-45-27-9-11-28(12-10-27)46(43,44)38-16-14-37(15-17-38)21-29-31(23-5-3-7-26(19-23)40(41)42)36-30-13-8-24(20-39(29)30)22-4-2-6-25(18-22)32(33,34)35/h2-13,18-20H,14-17,21H2,1H3. The number of benzene rings is 3. The Morgan fingerprint density at radius 3 is 2.26 bits per heavy atom. The van der Waals surface area contributed by atoms with Crippen molar-refractivity contribution in [3.8, 4) is 28.1 Å². The van der Waals surface area contributed by atoms with Crippen LogP contribution in [0.15, 0.2) is 96.0 Å². The largest absolute Gasteiger partial charge is 0.497 e. The van der Waals surface area contributed by atoms with Crippen LogP contribution in [0.1, 0.15) is 11.3 Å². The number of aromatic nitrogens is 2. The Labute approximate surface area is 262 Å². The number of nitro benzene ring substituents is 1. The maximum Gasteiger partial charge on any atom is 0.416 e. The summed E-state index contributed by atoms with van der Waals surface area (Å²) in [5.41, 5.74) is 2.18. The number of methoxy groups -OCH3 is 1. The lowest BCUT2D eigenvalue weighted by Crippen LogP contribution is -2.48. The van der Waals surface area contributed by atoms with Crippen molar-refractivity contribution in [3.05, 3.63) is 112 Å². The first kappa shape index (κ1) is 31.2. The Morgan fingerprint density at radius 1 is 0.891 bits per heavy atom. The molecule has 0 atom stereocenters. The third-order valence-corrected chi connectivity index (χ3v) is 9.89. The Morgan fingerprint density at radius 2 is 1.59 bits per heavy atom. The van der Waals surface area contributed by atoms with E-state index in [2.05, 4.69) is 4.90 Å². The van der Waals surface area contributed by atoms with E-state index < -0.39 is 26.7 Å². The van der Waals surface area contributed by atoms with Crippen LogP contribution in [0.4, 0.5) is 18.9 Å². The summed E-state index contributed by atoms with van der Waals surface area (Å²) in [5.74, 6) is 0.549. The van der Waals surface area contributed by atoms with E-state index in [1.165, 1.54) is 41.7 Å². The molecule has 0 N–H and O–H groups in total. The number of imidazole rings is 1. The number of nitro groups is 1. The zero-order chi connectivity index (χ0) is 32.6. The van der Waals surface area contributed by atoms with Crippen LogP contribution in [0.5, 0.6) is 5.75 Å². The van der Waals surface area contributed by atoms with Gasteiger partial charge in [-0.2, -0.15) is 17.5 Å². The van der Waals surface area contributed by atoms with E-state index in [0.717, 1.165) is 12.1 Å². The second-order valence-corrected chi connectivity index (χ2v) is 12.7. The highest BCUT2D eigenvalue weighted by Gasteiger charge is 2.31. The van der Waals surface area contributed by atoms with Crippen LogP contribution >= 0.6 is 0 Å². The molecular formula is C32H28F3N5O5S. The fourth-order valence-corrected chi connectivity index (χ4v) is 6.95. The third kappa shape index (κ3) is 6.18. The zero-order valence-corrected chi connectivity index (χ0v) is 25.3. The topological polar surface area (TPSA) is 110 Å². The lowest BCUT2D eigenvalue weighted by molar-refractivity contribution is -0.384. The SMILES string of the molecule is COc1ccc(S(=O)(=O)N2CCN(Cc3c(-c4cccc([N+](=O)[O-])c4)nc4ccc(-c5cccc(C(F)(F)F)c5)cn34)CC2)cc1. The van der Waals surface area contributed by atoms with E-state index in [0.29, 0.717) is 59.1 Å². The monoisotopic (exact) mass is 651 g/mol. The summed E-state index contributed by atoms with van der Waals surface area (Å²) in [4.78, 5) is 18.0. The van der Waals surface area contributed by atoms with Gasteiger partial charge in [-0.1, -0.05) is 24.3 Å². The summed E-state index contributed by atoms with van der Waals surface area (Å²) in [6.45, 7) is 1.55. The Bertz CT molecular complexity index is 2020. The maximum absolute atomic E-state index is 13.5. The molecule has 3 heterocycles. The molecule has 10 nitrogen and oxygen atoms in total. The number of pyridine rings is 1. The number of rotatable bonds is 8. The third-order valence-electron chi connectivity index (χ3n) is 7.97. The molecule has 5 aromatic rings. The molecule has 3 aromatic carbocycles. The Balaban J connectivity index is 1.34. The number of fused-ring (bicyclic) bond motifs is 1. The van der Waals surface area contributed by atoms with Gasteiger partial charge in [0.15, 0.2) is 0 Å². The molecule has 14 heteroatoms. The van der Waals surface area contributed by atoms with Gasteiger partial charge in [-0.05, 0) is 59.7 Å². The van der Waals surface area contributed by atoms with Crippen molar-refractivity contribution in [1.82, 2.24) is 18.6 Å². The fourth-order valence-electron chi connectivity index (χ4n) is 5.52. The van der Waals surface area contributed by atoms with E-state index in [1.54, 1.807) is 53.1 Å². The molecular weight excluding hydrogens is 623 g/mol. The summed E-state index contributed by atoms with van der Waals surface area (Å²) < 4.78 is 75.3. The number of hydrogen-bond acceptors (Lipinski definition) is 7. The molecule has 0 unspecified atom stereocenters. The molecule has 1 aliphatic heterocycles. The van der Waals surface area contributed by atoms with Crippen molar-refractivity contribution in [3.63, 3.8) is 0 Å². The van der Waals surface area contributed by atoms with E-state index in [1.807, 2.05) is 0 Å². The predicted molar refractivity (Wildman–Crippen MR) is 165 cm³/mol. The first-order valence-electron chi connectivity index (χ1n) is 14.2. The Hall–Kier alpha value is -4.79. The highest BCUT2D eigenvalue weighted by Crippen LogP contribution is 2.34. The van der Waals surface area contributed by atoms with Gasteiger partial charge in [0, 0.05) is 56.6 Å². The smallest absolute Gasteiger partial charge is 0.416 e. The second-order valence-electron chi connectivity index (χ2n) is 10.8. The van der Waals surface area contributed by atoms with Crippen molar-refractivity contribution in [1.29, 1.82) is 0 Å². The summed E-state index contributed by atoms with van der Waals surface area (Å²) in [6, 6.07) is 20.7. The van der Waals surface area contributed by atoms with Crippen LogP contribution in [0.25, 0.3) is 28.0 Å². The van der Waals surface area contributed by atoms with Gasteiger partial charge in [-0.3, -0.25) is 15.0 Å². The Kier molecular flexibility index (Phi) is 8.27. The zero-order valence-electron chi connectivity index (χ0n) is 24.5. The van der Waals surface area contributed by atoms with Gasteiger partial charge < -0.3 is 9.14 Å². The molecule has 1 saturated heterocycles. The molecule has 0 radical (unpaired) electrons. The molecule has 0 amide bonds. The van der Waals surface area contributed by atoms with Gasteiger partial charge >= 0.3 is 6.18 Å². The quantitative estimate of drug-likeness (QED) is 0.147. The number of alkyl halides is 3. The molecule has 0 spiro atoms. The summed E-state index contributed by atoms with van der Waals surface area (Å²) >= 11 is 0. The highest BCUT2D eigenvalue weighted by atomic mass is 32.2. The van der Waals surface area contributed by atoms with Gasteiger partial charge in [0.05, 0.1) is 33.9 Å². The minimum absolute atomic E-state index is 0.109. The van der Waals surface area contributed by atoms with Gasteiger partial charge in [0.1, 0.15) is 11.4 Å². The van der Waals surface area contributed by atoms with Gasteiger partial charge in [0.25, 0.3) is 5.69 Å². The summed E-state index contributed by atoms with van der Waals surface area (Å²) in [7, 11) is -2.23. The van der Waals surface area contributed by atoms with Crippen molar-refractivity contribution >= 4 is 21.4 Å². The minimum atomic E-state index is -4.50. The van der Waals surface area contributed by atoms with E-state index in [9.17, 15) is 31.7 Å². The van der Waals surface area contributed by atoms with Crippen molar-refractivity contribution in [2.75, 3.05) is 33.3 Å². The van der Waals surface area contributed by atoms with Crippen molar-refractivity contribution in [2.24, 2.45) is 0 Å². The molecule has 46 heavy (non-hydrogen) atoms. The van der Waals surface area contributed by atoms with E-state index in [4.69, 9.17) is 9.72 Å². The van der Waals surface area contributed by atoms with Gasteiger partial charge in [0.2, 0.25) is 10.0 Å². The van der Waals surface area contributed by atoms with Crippen molar-refractivity contribution in [2.45, 2.75) is 17.6 Å². The molecule has 2 aromatic heterocycles. The second kappa shape index (κ2) is 12.2. The van der Waals surface area contributed by atoms with Gasteiger partial charge in [-0.15, -0.1) is 0 Å². The molecule has 0 aliphatic carbocycles. The van der Waals surface area contributed by atoms with Crippen LogP contribution in [0, 0.1) is 10.1 Å². The lowest BCUT2D eigenvalue weighted by atomic mass is 10.0. The number of piperazine rings is 1. The van der Waals surface area contributed by atoms with Crippen molar-refractivity contribution < 1.29 is 31.2 Å². The van der Waals surface area contributed by atoms with Gasteiger partial charge in [-0.25, -0.2) is 13.4 Å². The normalized spacial score (nSPS) is 14.9. The fraction of sp³-hybridized carbons (Fsp3) is 0.219. The molecule has 6 rings (SSSR count). The van der Waals surface area contributed by atoms with Crippen LogP contribution in [0.3, 0.4) is 0 Å². The summed E-state index contributed by atoms with van der Waals surface area (Å²) in [5, 5.41) is 11.5. The molecule has 238 valence electrons. The number of ether oxygens (including phenoxy) is 1. The maximum atomic E-state index is 13.5. The number of nitrogens with zero attached hydrogens (tertiary/aromatic N) is 5. The predicted octanol–water partition coefficient (Wildman–Crippen LogP) is 6.11. The summed E-state index contributed by atoms with van der Waals surface area (Å²) in [6.07, 6.45) is -2.79. The number of sulfonamides is 1. The van der Waals surface area contributed by atoms with Crippen LogP contribution < -0.4 is 4.74 Å².